The molecule has 0 aliphatic heterocycles. The van der Waals surface area contributed by atoms with Crippen LogP contribution in [0.25, 0.3) is 16.9 Å². The molecule has 2 aromatic heterocycles. The number of benzene rings is 1. The van der Waals surface area contributed by atoms with Crippen molar-refractivity contribution in [3.63, 3.8) is 0 Å². The minimum atomic E-state index is -0.502. The summed E-state index contributed by atoms with van der Waals surface area (Å²) in [4.78, 5) is 20.4. The zero-order valence-electron chi connectivity index (χ0n) is 16.6. The van der Waals surface area contributed by atoms with Crippen molar-refractivity contribution in [1.82, 2.24) is 19.7 Å². The van der Waals surface area contributed by atoms with Crippen LogP contribution >= 0.6 is 0 Å². The number of nitrogens with two attached hydrogens (primary N) is 1. The molecule has 3 rings (SSSR count). The lowest BCUT2D eigenvalue weighted by Gasteiger charge is -2.25. The van der Waals surface area contributed by atoms with Gasteiger partial charge < -0.3 is 11.1 Å². The van der Waals surface area contributed by atoms with E-state index in [-0.39, 0.29) is 5.41 Å². The Morgan fingerprint density at radius 1 is 1.19 bits per heavy atom. The van der Waals surface area contributed by atoms with Gasteiger partial charge in [0.25, 0.3) is 0 Å². The highest BCUT2D eigenvalue weighted by atomic mass is 16.2. The van der Waals surface area contributed by atoms with Gasteiger partial charge in [0.05, 0.1) is 22.8 Å². The molecule has 2 amide bonds. The predicted octanol–water partition coefficient (Wildman–Crippen LogP) is 3.52. The molecule has 6 nitrogen and oxygen atoms in total. The van der Waals surface area contributed by atoms with Crippen molar-refractivity contribution in [3.05, 3.63) is 53.1 Å². The molecule has 142 valence electrons. The van der Waals surface area contributed by atoms with Crippen LogP contribution in [-0.4, -0.2) is 26.9 Å². The van der Waals surface area contributed by atoms with E-state index in [0.29, 0.717) is 6.54 Å². The van der Waals surface area contributed by atoms with Gasteiger partial charge in [-0.3, -0.25) is 9.38 Å². The van der Waals surface area contributed by atoms with Crippen molar-refractivity contribution >= 4 is 11.7 Å². The molecule has 0 saturated carbocycles. The summed E-state index contributed by atoms with van der Waals surface area (Å²) in [5.41, 5.74) is 12.2. The Morgan fingerprint density at radius 3 is 2.44 bits per heavy atom. The molecular formula is C21H27N5O. The van der Waals surface area contributed by atoms with Crippen molar-refractivity contribution in [1.29, 1.82) is 0 Å². The van der Waals surface area contributed by atoms with Crippen molar-refractivity contribution < 1.29 is 4.79 Å². The quantitative estimate of drug-likeness (QED) is 0.725. The first-order chi connectivity index (χ1) is 12.7. The van der Waals surface area contributed by atoms with Crippen LogP contribution in [-0.2, 0) is 11.8 Å². The van der Waals surface area contributed by atoms with Gasteiger partial charge in [-0.15, -0.1) is 0 Å². The Labute approximate surface area is 159 Å². The average molecular weight is 365 g/mol. The number of amides is 2. The van der Waals surface area contributed by atoms with Crippen LogP contribution in [0.15, 0.2) is 30.5 Å². The SMILES string of the molecule is CCc1nc2c(C)nc(C)cn2c1-c1ccc(C(C)(C)CNC(N)=O)cc1. The van der Waals surface area contributed by atoms with E-state index in [2.05, 4.69) is 59.7 Å². The Kier molecular flexibility index (Phi) is 4.91. The molecule has 0 radical (unpaired) electrons. The minimum absolute atomic E-state index is 0.211. The maximum absolute atomic E-state index is 11.0. The maximum atomic E-state index is 11.0. The normalized spacial score (nSPS) is 11.7. The number of primary amides is 1. The van der Waals surface area contributed by atoms with Crippen LogP contribution in [0.5, 0.6) is 0 Å². The highest BCUT2D eigenvalue weighted by Gasteiger charge is 2.22. The van der Waals surface area contributed by atoms with Gasteiger partial charge in [-0.1, -0.05) is 45.0 Å². The number of imidazole rings is 1. The van der Waals surface area contributed by atoms with Crippen LogP contribution in [0.2, 0.25) is 0 Å². The zero-order chi connectivity index (χ0) is 19.8. The number of aryl methyl sites for hydroxylation is 3. The lowest BCUT2D eigenvalue weighted by atomic mass is 9.84. The highest BCUT2D eigenvalue weighted by Crippen LogP contribution is 2.30. The number of hydrogen-bond donors (Lipinski definition) is 2. The predicted molar refractivity (Wildman–Crippen MR) is 108 cm³/mol. The number of carbonyl (C=O) groups is 1. The lowest BCUT2D eigenvalue weighted by Crippen LogP contribution is -2.39. The summed E-state index contributed by atoms with van der Waals surface area (Å²) in [5, 5.41) is 2.70. The fourth-order valence-electron chi connectivity index (χ4n) is 3.43. The van der Waals surface area contributed by atoms with Gasteiger partial charge in [-0.05, 0) is 25.8 Å². The van der Waals surface area contributed by atoms with E-state index >= 15 is 0 Å². The van der Waals surface area contributed by atoms with Crippen LogP contribution in [0.4, 0.5) is 4.79 Å². The number of rotatable bonds is 5. The van der Waals surface area contributed by atoms with E-state index in [4.69, 9.17) is 10.7 Å². The summed E-state index contributed by atoms with van der Waals surface area (Å²) >= 11 is 0. The Hall–Kier alpha value is -2.89. The first-order valence-electron chi connectivity index (χ1n) is 9.22. The van der Waals surface area contributed by atoms with Crippen molar-refractivity contribution in [2.75, 3.05) is 6.54 Å². The minimum Gasteiger partial charge on any atom is -0.352 e. The van der Waals surface area contributed by atoms with Gasteiger partial charge in [0, 0.05) is 23.7 Å². The molecule has 0 aliphatic rings. The first-order valence-corrected chi connectivity index (χ1v) is 9.22. The molecule has 0 unspecified atom stereocenters. The molecular weight excluding hydrogens is 338 g/mol. The fraction of sp³-hybridized carbons (Fsp3) is 0.381. The Bertz CT molecular complexity index is 986. The lowest BCUT2D eigenvalue weighted by molar-refractivity contribution is 0.246. The monoisotopic (exact) mass is 365 g/mol. The third-order valence-corrected chi connectivity index (χ3v) is 4.95. The molecule has 0 aliphatic carbocycles. The number of hydrogen-bond acceptors (Lipinski definition) is 3. The second-order valence-corrected chi connectivity index (χ2v) is 7.60. The smallest absolute Gasteiger partial charge is 0.312 e. The molecule has 3 aromatic rings. The summed E-state index contributed by atoms with van der Waals surface area (Å²) in [6.07, 6.45) is 2.89. The third kappa shape index (κ3) is 3.65. The number of urea groups is 1. The molecule has 0 spiro atoms. The molecule has 3 N–H and O–H groups in total. The summed E-state index contributed by atoms with van der Waals surface area (Å²) < 4.78 is 2.14. The summed E-state index contributed by atoms with van der Waals surface area (Å²) in [6, 6.07) is 7.96. The van der Waals surface area contributed by atoms with Gasteiger partial charge in [-0.25, -0.2) is 9.78 Å². The van der Waals surface area contributed by atoms with E-state index in [9.17, 15) is 4.79 Å². The van der Waals surface area contributed by atoms with E-state index in [1.165, 1.54) is 0 Å². The molecule has 27 heavy (non-hydrogen) atoms. The number of nitrogens with zero attached hydrogens (tertiary/aromatic N) is 3. The van der Waals surface area contributed by atoms with Gasteiger partial charge >= 0.3 is 6.03 Å². The number of nitrogens with one attached hydrogen (secondary N) is 1. The average Bonchev–Trinajstić information content (AvgIpc) is 2.99. The van der Waals surface area contributed by atoms with Gasteiger partial charge in [0.15, 0.2) is 5.65 Å². The van der Waals surface area contributed by atoms with Crippen LogP contribution < -0.4 is 11.1 Å². The fourth-order valence-corrected chi connectivity index (χ4v) is 3.43. The van der Waals surface area contributed by atoms with E-state index in [1.807, 2.05) is 20.0 Å². The molecule has 0 saturated heterocycles. The van der Waals surface area contributed by atoms with Crippen molar-refractivity contribution in [2.45, 2.75) is 46.5 Å². The van der Waals surface area contributed by atoms with E-state index in [0.717, 1.165) is 46.0 Å². The van der Waals surface area contributed by atoms with Gasteiger partial charge in [0.1, 0.15) is 0 Å². The Morgan fingerprint density at radius 2 is 1.85 bits per heavy atom. The van der Waals surface area contributed by atoms with Crippen LogP contribution in [0.1, 0.15) is 43.4 Å². The van der Waals surface area contributed by atoms with Crippen LogP contribution in [0.3, 0.4) is 0 Å². The molecule has 0 fully saturated rings. The molecule has 0 atom stereocenters. The third-order valence-electron chi connectivity index (χ3n) is 4.95. The standard InChI is InChI=1S/C21H27N5O/c1-6-17-18(26-11-13(2)24-14(3)19(26)25-17)15-7-9-16(10-8-15)21(4,5)12-23-20(22)27/h7-11H,6,12H2,1-5H3,(H3,22,23,27). The molecule has 0 bridgehead atoms. The zero-order valence-corrected chi connectivity index (χ0v) is 16.6. The van der Waals surface area contributed by atoms with Crippen molar-refractivity contribution in [2.24, 2.45) is 5.73 Å². The largest absolute Gasteiger partial charge is 0.352 e. The molecule has 6 heteroatoms. The van der Waals surface area contributed by atoms with Gasteiger partial charge in [-0.2, -0.15) is 0 Å². The first kappa shape index (κ1) is 18.9. The number of carbonyl (C=O) groups excluding carboxylic acids is 1. The summed E-state index contributed by atoms with van der Waals surface area (Å²) in [7, 11) is 0. The van der Waals surface area contributed by atoms with Crippen LogP contribution in [0, 0.1) is 13.8 Å². The van der Waals surface area contributed by atoms with Crippen molar-refractivity contribution in [3.8, 4) is 11.3 Å². The van der Waals surface area contributed by atoms with E-state index in [1.54, 1.807) is 0 Å². The number of aromatic nitrogens is 3. The second-order valence-electron chi connectivity index (χ2n) is 7.60. The Balaban J connectivity index is 2.04. The number of fused-ring (bicyclic) bond motifs is 1. The second kappa shape index (κ2) is 7.02. The summed E-state index contributed by atoms with van der Waals surface area (Å²) in [5.74, 6) is 0. The topological polar surface area (TPSA) is 85.3 Å². The molecule has 2 heterocycles. The maximum Gasteiger partial charge on any atom is 0.312 e. The van der Waals surface area contributed by atoms with E-state index < -0.39 is 6.03 Å². The highest BCUT2D eigenvalue weighted by molar-refractivity contribution is 5.72. The van der Waals surface area contributed by atoms with Gasteiger partial charge in [0.2, 0.25) is 0 Å². The summed E-state index contributed by atoms with van der Waals surface area (Å²) in [6.45, 7) is 10.8. The molecule has 1 aromatic carbocycles.